The van der Waals surface area contributed by atoms with Gasteiger partial charge in [0.15, 0.2) is 0 Å². The first kappa shape index (κ1) is 17.0. The lowest BCUT2D eigenvalue weighted by Crippen LogP contribution is -2.46. The molecule has 3 amide bonds. The van der Waals surface area contributed by atoms with Crippen molar-refractivity contribution in [2.75, 3.05) is 20.1 Å². The number of amides is 3. The van der Waals surface area contributed by atoms with Crippen molar-refractivity contribution in [1.29, 1.82) is 0 Å². The van der Waals surface area contributed by atoms with Gasteiger partial charge >= 0.3 is 12.2 Å². The first-order chi connectivity index (χ1) is 9.65. The quantitative estimate of drug-likeness (QED) is 0.817. The van der Waals surface area contributed by atoms with Crippen LogP contribution in [0.15, 0.2) is 12.4 Å². The number of hydrogen-bond donors (Lipinski definition) is 2. The van der Waals surface area contributed by atoms with Crippen LogP contribution >= 0.6 is 0 Å². The zero-order chi connectivity index (χ0) is 16.0. The van der Waals surface area contributed by atoms with E-state index < -0.39 is 24.7 Å². The fourth-order valence-electron chi connectivity index (χ4n) is 1.56. The Morgan fingerprint density at radius 1 is 1.43 bits per heavy atom. The molecule has 0 saturated heterocycles. The smallest absolute Gasteiger partial charge is 0.329 e. The minimum Gasteiger partial charge on any atom is -0.329 e. The van der Waals surface area contributed by atoms with Crippen LogP contribution in [0.4, 0.5) is 18.0 Å². The van der Waals surface area contributed by atoms with Gasteiger partial charge in [-0.1, -0.05) is 0 Å². The van der Waals surface area contributed by atoms with Gasteiger partial charge in [0.05, 0.1) is 12.7 Å². The van der Waals surface area contributed by atoms with Crippen molar-refractivity contribution < 1.29 is 22.8 Å². The van der Waals surface area contributed by atoms with E-state index in [1.165, 1.54) is 0 Å². The standard InChI is InChI=1S/C11H16F3N5O2/c1-18(4-8-3-16-19(2)5-8)6-9(20)17-10(21)15-7-11(12,13)14/h3,5H,4,6-7H2,1-2H3,(H2,15,17,20,21). The molecule has 0 aliphatic heterocycles. The average Bonchev–Trinajstić information content (AvgIpc) is 2.70. The molecule has 7 nitrogen and oxygen atoms in total. The molecule has 0 aliphatic carbocycles. The number of alkyl halides is 3. The average molecular weight is 307 g/mol. The molecule has 0 unspecified atom stereocenters. The second-order valence-electron chi connectivity index (χ2n) is 4.54. The van der Waals surface area contributed by atoms with Crippen LogP contribution in [0.25, 0.3) is 0 Å². The van der Waals surface area contributed by atoms with Gasteiger partial charge in [-0.3, -0.25) is 19.7 Å². The molecule has 0 atom stereocenters. The highest BCUT2D eigenvalue weighted by molar-refractivity contribution is 5.95. The Labute approximate surface area is 119 Å². The molecular formula is C11H16F3N5O2. The van der Waals surface area contributed by atoms with Crippen molar-refractivity contribution >= 4 is 11.9 Å². The van der Waals surface area contributed by atoms with Crippen LogP contribution < -0.4 is 10.6 Å². The van der Waals surface area contributed by atoms with Crippen molar-refractivity contribution in [2.45, 2.75) is 12.7 Å². The molecule has 10 heteroatoms. The van der Waals surface area contributed by atoms with Crippen molar-refractivity contribution in [1.82, 2.24) is 25.3 Å². The monoisotopic (exact) mass is 307 g/mol. The molecule has 1 aromatic rings. The zero-order valence-electron chi connectivity index (χ0n) is 11.6. The van der Waals surface area contributed by atoms with Gasteiger partial charge in [-0.15, -0.1) is 0 Å². The summed E-state index contributed by atoms with van der Waals surface area (Å²) in [6.45, 7) is -1.20. The number of nitrogens with one attached hydrogen (secondary N) is 2. The molecule has 1 rings (SSSR count). The van der Waals surface area contributed by atoms with E-state index in [1.54, 1.807) is 41.4 Å². The topological polar surface area (TPSA) is 79.3 Å². The molecule has 21 heavy (non-hydrogen) atoms. The van der Waals surface area contributed by atoms with Gasteiger partial charge in [0.25, 0.3) is 0 Å². The summed E-state index contributed by atoms with van der Waals surface area (Å²) in [6.07, 6.45) is -1.12. The number of likely N-dealkylation sites (N-methyl/N-ethyl adjacent to an activating group) is 1. The second-order valence-corrected chi connectivity index (χ2v) is 4.54. The number of urea groups is 1. The van der Waals surface area contributed by atoms with E-state index in [-0.39, 0.29) is 6.54 Å². The number of carbonyl (C=O) groups excluding carboxylic acids is 2. The predicted octanol–water partition coefficient (Wildman–Crippen LogP) is 0.240. The molecule has 0 bridgehead atoms. The van der Waals surface area contributed by atoms with Gasteiger partial charge in [-0.05, 0) is 7.05 Å². The molecule has 118 valence electrons. The molecule has 0 radical (unpaired) electrons. The maximum atomic E-state index is 11.9. The summed E-state index contributed by atoms with van der Waals surface area (Å²) in [5, 5.41) is 7.34. The lowest BCUT2D eigenvalue weighted by atomic mass is 10.3. The Morgan fingerprint density at radius 3 is 2.62 bits per heavy atom. The highest BCUT2D eigenvalue weighted by Crippen LogP contribution is 2.11. The van der Waals surface area contributed by atoms with Crippen LogP contribution in [0.3, 0.4) is 0 Å². The first-order valence-corrected chi connectivity index (χ1v) is 5.96. The van der Waals surface area contributed by atoms with E-state index in [4.69, 9.17) is 0 Å². The third-order valence-corrected chi connectivity index (χ3v) is 2.33. The normalized spacial score (nSPS) is 11.5. The van der Waals surface area contributed by atoms with Crippen LogP contribution in [-0.2, 0) is 18.4 Å². The van der Waals surface area contributed by atoms with E-state index in [2.05, 4.69) is 5.10 Å². The Hall–Kier alpha value is -2.10. The van der Waals surface area contributed by atoms with E-state index in [9.17, 15) is 22.8 Å². The molecular weight excluding hydrogens is 291 g/mol. The van der Waals surface area contributed by atoms with Crippen molar-refractivity contribution in [3.8, 4) is 0 Å². The van der Waals surface area contributed by atoms with E-state index in [0.717, 1.165) is 5.56 Å². The summed E-state index contributed by atoms with van der Waals surface area (Å²) in [7, 11) is 3.39. The van der Waals surface area contributed by atoms with E-state index in [1.807, 2.05) is 5.32 Å². The number of carbonyl (C=O) groups is 2. The molecule has 1 aromatic heterocycles. The Kier molecular flexibility index (Phi) is 5.70. The minimum absolute atomic E-state index is 0.131. The van der Waals surface area contributed by atoms with Gasteiger partial charge in [0.1, 0.15) is 6.54 Å². The Morgan fingerprint density at radius 2 is 2.10 bits per heavy atom. The van der Waals surface area contributed by atoms with E-state index in [0.29, 0.717) is 6.54 Å². The fraction of sp³-hybridized carbons (Fsp3) is 0.545. The molecule has 1 heterocycles. The SMILES string of the molecule is CN(CC(=O)NC(=O)NCC(F)(F)F)Cc1cnn(C)c1. The number of rotatable bonds is 5. The number of aromatic nitrogens is 2. The number of aryl methyl sites for hydroxylation is 1. The van der Waals surface area contributed by atoms with Gasteiger partial charge in [0.2, 0.25) is 5.91 Å². The summed E-state index contributed by atoms with van der Waals surface area (Å²) in [5.74, 6) is -0.693. The van der Waals surface area contributed by atoms with Crippen LogP contribution in [0.2, 0.25) is 0 Å². The van der Waals surface area contributed by atoms with Gasteiger partial charge in [-0.2, -0.15) is 18.3 Å². The maximum absolute atomic E-state index is 11.9. The number of hydrogen-bond acceptors (Lipinski definition) is 4. The number of halogens is 3. The second kappa shape index (κ2) is 7.07. The molecule has 0 saturated carbocycles. The summed E-state index contributed by atoms with van der Waals surface area (Å²) >= 11 is 0. The van der Waals surface area contributed by atoms with Gasteiger partial charge in [-0.25, -0.2) is 4.79 Å². The molecule has 2 N–H and O–H groups in total. The molecule has 0 fully saturated rings. The fourth-order valence-corrected chi connectivity index (χ4v) is 1.56. The summed E-state index contributed by atoms with van der Waals surface area (Å²) in [4.78, 5) is 24.1. The highest BCUT2D eigenvalue weighted by Gasteiger charge is 2.28. The molecule has 0 spiro atoms. The summed E-state index contributed by atoms with van der Waals surface area (Å²) in [5.41, 5.74) is 0.870. The highest BCUT2D eigenvalue weighted by atomic mass is 19.4. The summed E-state index contributed by atoms with van der Waals surface area (Å²) < 4.78 is 37.2. The van der Waals surface area contributed by atoms with Gasteiger partial charge in [0, 0.05) is 25.4 Å². The molecule has 0 aromatic carbocycles. The number of imide groups is 1. The van der Waals surface area contributed by atoms with Crippen molar-refractivity contribution in [2.24, 2.45) is 7.05 Å². The Bertz CT molecular complexity index is 500. The van der Waals surface area contributed by atoms with Crippen LogP contribution in [0.1, 0.15) is 5.56 Å². The first-order valence-electron chi connectivity index (χ1n) is 5.96. The summed E-state index contributed by atoms with van der Waals surface area (Å²) in [6, 6.07) is -1.17. The predicted molar refractivity (Wildman–Crippen MR) is 67.1 cm³/mol. The third kappa shape index (κ3) is 7.30. The van der Waals surface area contributed by atoms with E-state index >= 15 is 0 Å². The largest absolute Gasteiger partial charge is 0.405 e. The Balaban J connectivity index is 2.30. The van der Waals surface area contributed by atoms with Crippen LogP contribution in [0.5, 0.6) is 0 Å². The van der Waals surface area contributed by atoms with Crippen LogP contribution in [0, 0.1) is 0 Å². The lowest BCUT2D eigenvalue weighted by molar-refractivity contribution is -0.125. The molecule has 0 aliphatic rings. The number of nitrogens with zero attached hydrogens (tertiary/aromatic N) is 3. The lowest BCUT2D eigenvalue weighted by Gasteiger charge is -2.15. The van der Waals surface area contributed by atoms with Crippen molar-refractivity contribution in [3.05, 3.63) is 18.0 Å². The minimum atomic E-state index is -4.52. The third-order valence-electron chi connectivity index (χ3n) is 2.33. The maximum Gasteiger partial charge on any atom is 0.405 e. The zero-order valence-corrected chi connectivity index (χ0v) is 11.6. The van der Waals surface area contributed by atoms with Gasteiger partial charge < -0.3 is 5.32 Å². The van der Waals surface area contributed by atoms with Crippen molar-refractivity contribution in [3.63, 3.8) is 0 Å². The van der Waals surface area contributed by atoms with Crippen LogP contribution in [-0.4, -0.2) is 52.9 Å².